The third kappa shape index (κ3) is 4.61. The molecule has 0 spiro atoms. The number of aliphatic carboxylic acids is 1. The van der Waals surface area contributed by atoms with Crippen LogP contribution in [0.1, 0.15) is 41.3 Å². The minimum absolute atomic E-state index is 0.354. The summed E-state index contributed by atoms with van der Waals surface area (Å²) in [5.41, 5.74) is 5.72. The van der Waals surface area contributed by atoms with Gasteiger partial charge in [0.1, 0.15) is 18.3 Å². The summed E-state index contributed by atoms with van der Waals surface area (Å²) >= 11 is 6.35. The number of hydrogen-bond donors (Lipinski definition) is 5. The second kappa shape index (κ2) is 9.94. The van der Waals surface area contributed by atoms with E-state index in [1.807, 2.05) is 24.3 Å². The van der Waals surface area contributed by atoms with Gasteiger partial charge in [0.25, 0.3) is 0 Å². The van der Waals surface area contributed by atoms with Crippen molar-refractivity contribution < 1.29 is 34.7 Å². The smallest absolute Gasteiger partial charge is 0.335 e. The number of aromatic nitrogens is 1. The number of rotatable bonds is 3. The van der Waals surface area contributed by atoms with Crippen molar-refractivity contribution in [2.24, 2.45) is 0 Å². The van der Waals surface area contributed by atoms with Crippen LogP contribution in [0.15, 0.2) is 42.1 Å². The molecule has 2 saturated heterocycles. The Balaban J connectivity index is 1.59. The van der Waals surface area contributed by atoms with Crippen molar-refractivity contribution in [2.45, 2.75) is 56.1 Å². The molecular formula is C25H27ClN2O7. The number of carbonyl (C=O) groups is 1. The number of nitrogens with one attached hydrogen (secondary N) is 1. The number of ether oxygens (including phenoxy) is 2. The second-order valence-electron chi connectivity index (χ2n) is 9.04. The van der Waals surface area contributed by atoms with E-state index in [0.717, 1.165) is 53.9 Å². The van der Waals surface area contributed by atoms with E-state index < -0.39 is 42.8 Å². The molecule has 0 bridgehead atoms. The van der Waals surface area contributed by atoms with Gasteiger partial charge in [-0.2, -0.15) is 0 Å². The first kappa shape index (κ1) is 24.3. The SMILES string of the molecule is O=C(O)[C@@H]1O[C@H](OC2Cc3cc(Cl)ccc3C(=C3CCNCC3)c3ncccc32)[C@@H](O)[C@@H](O)[C@H]1O. The van der Waals surface area contributed by atoms with E-state index in [0.29, 0.717) is 11.4 Å². The minimum Gasteiger partial charge on any atom is -0.479 e. The van der Waals surface area contributed by atoms with Gasteiger partial charge in [-0.25, -0.2) is 4.79 Å². The third-order valence-corrected chi connectivity index (χ3v) is 7.07. The van der Waals surface area contributed by atoms with E-state index in [1.54, 1.807) is 12.3 Å². The maximum atomic E-state index is 11.6. The van der Waals surface area contributed by atoms with Crippen LogP contribution in [-0.2, 0) is 20.7 Å². The van der Waals surface area contributed by atoms with Crippen molar-refractivity contribution in [3.63, 3.8) is 0 Å². The van der Waals surface area contributed by atoms with E-state index in [2.05, 4.69) is 5.32 Å². The highest BCUT2D eigenvalue weighted by atomic mass is 35.5. The van der Waals surface area contributed by atoms with E-state index in [4.69, 9.17) is 26.1 Å². The quantitative estimate of drug-likeness (QED) is 0.421. The molecule has 3 aliphatic rings. The second-order valence-corrected chi connectivity index (χ2v) is 9.47. The number of aliphatic hydroxyl groups excluding tert-OH is 3. The number of fused-ring (bicyclic) bond motifs is 2. The highest BCUT2D eigenvalue weighted by molar-refractivity contribution is 6.30. The molecule has 2 aromatic rings. The van der Waals surface area contributed by atoms with E-state index >= 15 is 0 Å². The van der Waals surface area contributed by atoms with Crippen molar-refractivity contribution in [3.05, 3.63) is 69.5 Å². The van der Waals surface area contributed by atoms with E-state index in [-0.39, 0.29) is 0 Å². The molecule has 9 nitrogen and oxygen atoms in total. The number of halogens is 1. The molecule has 3 heterocycles. The van der Waals surface area contributed by atoms with Gasteiger partial charge in [-0.15, -0.1) is 0 Å². The van der Waals surface area contributed by atoms with Crippen molar-refractivity contribution in [1.29, 1.82) is 0 Å². The average molecular weight is 503 g/mol. The summed E-state index contributed by atoms with van der Waals surface area (Å²) in [6.45, 7) is 1.73. The van der Waals surface area contributed by atoms with Crippen LogP contribution in [0.4, 0.5) is 0 Å². The lowest BCUT2D eigenvalue weighted by molar-refractivity contribution is -0.305. The lowest BCUT2D eigenvalue weighted by Crippen LogP contribution is -2.60. The number of piperidine rings is 1. The molecule has 35 heavy (non-hydrogen) atoms. The summed E-state index contributed by atoms with van der Waals surface area (Å²) in [5.74, 6) is -1.46. The highest BCUT2D eigenvalue weighted by Gasteiger charge is 2.48. The highest BCUT2D eigenvalue weighted by Crippen LogP contribution is 2.42. The first-order valence-electron chi connectivity index (χ1n) is 11.6. The Bertz CT molecular complexity index is 1150. The lowest BCUT2D eigenvalue weighted by Gasteiger charge is -2.39. The van der Waals surface area contributed by atoms with Crippen molar-refractivity contribution in [1.82, 2.24) is 10.3 Å². The lowest BCUT2D eigenvalue weighted by atomic mass is 9.89. The minimum atomic E-state index is -1.79. The molecule has 186 valence electrons. The monoisotopic (exact) mass is 502 g/mol. The van der Waals surface area contributed by atoms with E-state index in [1.165, 1.54) is 5.57 Å². The predicted octanol–water partition coefficient (Wildman–Crippen LogP) is 1.43. The molecule has 1 unspecified atom stereocenters. The fourth-order valence-corrected chi connectivity index (χ4v) is 5.28. The van der Waals surface area contributed by atoms with Crippen LogP contribution in [0.25, 0.3) is 5.57 Å². The van der Waals surface area contributed by atoms with Crippen LogP contribution in [0.2, 0.25) is 5.02 Å². The van der Waals surface area contributed by atoms with Crippen LogP contribution >= 0.6 is 11.6 Å². The van der Waals surface area contributed by atoms with Crippen LogP contribution in [0.5, 0.6) is 0 Å². The van der Waals surface area contributed by atoms with Gasteiger partial charge in [0.05, 0.1) is 11.8 Å². The van der Waals surface area contributed by atoms with Crippen molar-refractivity contribution in [2.75, 3.05) is 13.1 Å². The first-order chi connectivity index (χ1) is 16.8. The number of benzene rings is 1. The zero-order valence-electron chi connectivity index (χ0n) is 18.8. The number of aliphatic hydroxyl groups is 3. The third-order valence-electron chi connectivity index (χ3n) is 6.84. The molecule has 1 aromatic heterocycles. The summed E-state index contributed by atoms with van der Waals surface area (Å²) in [6.07, 6.45) is -5.30. The zero-order chi connectivity index (χ0) is 24.7. The van der Waals surface area contributed by atoms with Gasteiger partial charge < -0.3 is 35.2 Å². The topological polar surface area (TPSA) is 141 Å². The Morgan fingerprint density at radius 2 is 1.89 bits per heavy atom. The van der Waals surface area contributed by atoms with Gasteiger partial charge in [0.15, 0.2) is 12.4 Å². The summed E-state index contributed by atoms with van der Waals surface area (Å²) < 4.78 is 11.6. The van der Waals surface area contributed by atoms with Crippen LogP contribution in [-0.4, -0.2) is 75.2 Å². The Hall–Kier alpha value is -2.37. The normalized spacial score (nSPS) is 30.9. The summed E-state index contributed by atoms with van der Waals surface area (Å²) in [7, 11) is 0. The first-order valence-corrected chi connectivity index (χ1v) is 12.0. The Morgan fingerprint density at radius 3 is 2.63 bits per heavy atom. The van der Waals surface area contributed by atoms with Crippen LogP contribution in [0, 0.1) is 0 Å². The van der Waals surface area contributed by atoms with Crippen molar-refractivity contribution in [3.8, 4) is 0 Å². The Morgan fingerprint density at radius 1 is 1.11 bits per heavy atom. The fraction of sp³-hybridized carbons (Fsp3) is 0.440. The van der Waals surface area contributed by atoms with Gasteiger partial charge in [-0.1, -0.05) is 29.3 Å². The molecular weight excluding hydrogens is 476 g/mol. The number of hydrogen-bond acceptors (Lipinski definition) is 8. The van der Waals surface area contributed by atoms with Crippen molar-refractivity contribution >= 4 is 23.1 Å². The molecule has 0 saturated carbocycles. The number of pyridine rings is 1. The zero-order valence-corrected chi connectivity index (χ0v) is 19.6. The molecule has 1 aromatic carbocycles. The molecule has 6 atom stereocenters. The van der Waals surface area contributed by atoms with Gasteiger partial charge in [-0.3, -0.25) is 4.98 Å². The molecule has 5 N–H and O–H groups in total. The summed E-state index contributed by atoms with van der Waals surface area (Å²) in [5, 5.41) is 44.2. The largest absolute Gasteiger partial charge is 0.479 e. The number of carboxylic acid groups (broad SMARTS) is 1. The Labute approximate surface area is 207 Å². The van der Waals surface area contributed by atoms with Gasteiger partial charge in [0.2, 0.25) is 0 Å². The van der Waals surface area contributed by atoms with Crippen LogP contribution < -0.4 is 5.32 Å². The molecule has 5 rings (SSSR count). The van der Waals surface area contributed by atoms with Gasteiger partial charge >= 0.3 is 5.97 Å². The van der Waals surface area contributed by atoms with Gasteiger partial charge in [0, 0.05) is 28.8 Å². The summed E-state index contributed by atoms with van der Waals surface area (Å²) in [4.78, 5) is 16.3. The molecule has 2 aliphatic heterocycles. The number of carboxylic acids is 1. The maximum Gasteiger partial charge on any atom is 0.335 e. The fourth-order valence-electron chi connectivity index (χ4n) is 5.08. The molecule has 0 radical (unpaired) electrons. The standard InChI is InChI=1S/C25H27ClN2O7/c26-14-3-4-15-13(10-14)11-17(34-25-22(31)20(29)21(30)23(35-25)24(32)33)16-2-1-7-28-19(16)18(15)12-5-8-27-9-6-12/h1-4,7,10,17,20-23,25,27,29-31H,5-6,8-9,11H2,(H,32,33)/t17?,20-,21+,22-,23+,25-/m0/s1. The van der Waals surface area contributed by atoms with Crippen LogP contribution in [0.3, 0.4) is 0 Å². The maximum absolute atomic E-state index is 11.6. The van der Waals surface area contributed by atoms with E-state index in [9.17, 15) is 25.2 Å². The molecule has 1 aliphatic carbocycles. The van der Waals surface area contributed by atoms with Gasteiger partial charge in [-0.05, 0) is 55.3 Å². The summed E-state index contributed by atoms with van der Waals surface area (Å²) in [6, 6.07) is 9.37. The molecule has 10 heteroatoms. The average Bonchev–Trinajstić information content (AvgIpc) is 2.98. The predicted molar refractivity (Wildman–Crippen MR) is 126 cm³/mol. The Kier molecular flexibility index (Phi) is 6.91. The molecule has 2 fully saturated rings. The molecule has 0 amide bonds. The number of nitrogens with zero attached hydrogens (tertiary/aromatic N) is 1.